The molecule has 0 unspecified atom stereocenters. The maximum Gasteiger partial charge on any atom is 0.387 e. The summed E-state index contributed by atoms with van der Waals surface area (Å²) in [4.78, 5) is 11.8. The fourth-order valence-electron chi connectivity index (χ4n) is 2.50. The molecule has 1 N–H and O–H groups in total. The number of rotatable bonds is 5. The normalized spacial score (nSPS) is 14.3. The van der Waals surface area contributed by atoms with Gasteiger partial charge in [-0.15, -0.1) is 0 Å². The maximum atomic E-state index is 12.6. The van der Waals surface area contributed by atoms with Crippen LogP contribution in [-0.4, -0.2) is 27.5 Å². The predicted molar refractivity (Wildman–Crippen MR) is 82.0 cm³/mol. The second kappa shape index (κ2) is 5.63. The number of halogens is 2. The van der Waals surface area contributed by atoms with Gasteiger partial charge in [-0.1, -0.05) is 0 Å². The Balaban J connectivity index is 1.79. The van der Waals surface area contributed by atoms with Gasteiger partial charge in [0.1, 0.15) is 0 Å². The first-order valence-corrected chi connectivity index (χ1v) is 7.42. The summed E-state index contributed by atoms with van der Waals surface area (Å²) in [7, 11) is 0. The predicted octanol–water partition coefficient (Wildman–Crippen LogP) is 2.86. The smallest absolute Gasteiger partial charge is 0.387 e. The Bertz CT molecular complexity index is 947. The minimum absolute atomic E-state index is 0.00640. The Morgan fingerprint density at radius 1 is 1.25 bits per heavy atom. The molecule has 0 spiro atoms. The molecular weight excluding hydrogens is 320 g/mol. The third-order valence-electron chi connectivity index (χ3n) is 3.76. The lowest BCUT2D eigenvalue weighted by Gasteiger charge is -2.14. The van der Waals surface area contributed by atoms with Crippen molar-refractivity contribution >= 4 is 10.9 Å². The minimum Gasteiger partial charge on any atom is -0.486 e. The number of hydrogen-bond donors (Lipinski definition) is 1. The van der Waals surface area contributed by atoms with Gasteiger partial charge in [-0.25, -0.2) is 5.10 Å². The number of fused-ring (bicyclic) bond motifs is 1. The van der Waals surface area contributed by atoms with Crippen LogP contribution in [0.15, 0.2) is 41.5 Å². The van der Waals surface area contributed by atoms with Gasteiger partial charge < -0.3 is 14.0 Å². The van der Waals surface area contributed by atoms with Crippen molar-refractivity contribution in [1.82, 2.24) is 14.8 Å². The topological polar surface area (TPSA) is 69.1 Å². The lowest BCUT2D eigenvalue weighted by molar-refractivity contribution is -0.0516. The third kappa shape index (κ3) is 2.70. The number of H-pyrrole nitrogens is 1. The monoisotopic (exact) mass is 333 g/mol. The minimum atomic E-state index is -2.92. The van der Waals surface area contributed by atoms with Crippen LogP contribution in [0.4, 0.5) is 8.78 Å². The molecule has 1 aliphatic rings. The number of ether oxygens (including phenoxy) is 2. The lowest BCUT2D eigenvalue weighted by Crippen LogP contribution is -2.08. The SMILES string of the molecule is O=c1[nH]ncc2c1ccn2-c1ccc(OC(F)F)c(OC2CC2)c1. The van der Waals surface area contributed by atoms with Crippen molar-refractivity contribution in [1.29, 1.82) is 0 Å². The van der Waals surface area contributed by atoms with E-state index in [1.165, 1.54) is 12.3 Å². The van der Waals surface area contributed by atoms with Crippen LogP contribution in [0.25, 0.3) is 16.6 Å². The number of alkyl halides is 2. The quantitative estimate of drug-likeness (QED) is 0.779. The zero-order chi connectivity index (χ0) is 16.7. The molecule has 0 bridgehead atoms. The fraction of sp³-hybridized carbons (Fsp3) is 0.250. The summed E-state index contributed by atoms with van der Waals surface area (Å²) < 4.78 is 37.0. The number of hydrogen-bond acceptors (Lipinski definition) is 4. The van der Waals surface area contributed by atoms with Crippen LogP contribution in [0.1, 0.15) is 12.8 Å². The van der Waals surface area contributed by atoms with Crippen molar-refractivity contribution in [2.24, 2.45) is 0 Å². The summed E-state index contributed by atoms with van der Waals surface area (Å²) in [6, 6.07) is 6.35. The fourth-order valence-corrected chi connectivity index (χ4v) is 2.50. The molecule has 0 amide bonds. The molecule has 124 valence electrons. The molecular formula is C16H13F2N3O3. The molecule has 8 heteroatoms. The van der Waals surface area contributed by atoms with Crippen LogP contribution in [0.2, 0.25) is 0 Å². The van der Waals surface area contributed by atoms with Gasteiger partial charge in [-0.3, -0.25) is 4.79 Å². The Labute approximate surface area is 134 Å². The van der Waals surface area contributed by atoms with E-state index in [-0.39, 0.29) is 23.2 Å². The summed E-state index contributed by atoms with van der Waals surface area (Å²) in [6.07, 6.45) is 5.06. The summed E-state index contributed by atoms with van der Waals surface area (Å²) in [5.74, 6) is 0.253. The molecule has 6 nitrogen and oxygen atoms in total. The second-order valence-corrected chi connectivity index (χ2v) is 5.51. The van der Waals surface area contributed by atoms with Crippen molar-refractivity contribution in [2.75, 3.05) is 0 Å². The molecule has 1 aromatic carbocycles. The number of nitrogens with zero attached hydrogens (tertiary/aromatic N) is 2. The van der Waals surface area contributed by atoms with E-state index in [4.69, 9.17) is 4.74 Å². The van der Waals surface area contributed by atoms with Crippen molar-refractivity contribution in [2.45, 2.75) is 25.6 Å². The van der Waals surface area contributed by atoms with E-state index < -0.39 is 6.61 Å². The first-order valence-electron chi connectivity index (χ1n) is 7.42. The lowest BCUT2D eigenvalue weighted by atomic mass is 10.2. The Hall–Kier alpha value is -2.90. The van der Waals surface area contributed by atoms with Gasteiger partial charge in [-0.05, 0) is 31.0 Å². The average Bonchev–Trinajstić information content (AvgIpc) is 3.25. The molecule has 4 rings (SSSR count). The van der Waals surface area contributed by atoms with Crippen LogP contribution in [0.3, 0.4) is 0 Å². The van der Waals surface area contributed by atoms with Crippen molar-refractivity contribution < 1.29 is 18.3 Å². The van der Waals surface area contributed by atoms with Crippen LogP contribution >= 0.6 is 0 Å². The zero-order valence-corrected chi connectivity index (χ0v) is 12.4. The second-order valence-electron chi connectivity index (χ2n) is 5.51. The first kappa shape index (κ1) is 14.7. The van der Waals surface area contributed by atoms with E-state index in [1.54, 1.807) is 29.0 Å². The molecule has 0 aliphatic heterocycles. The molecule has 0 atom stereocenters. The number of nitrogens with one attached hydrogen (secondary N) is 1. The Morgan fingerprint density at radius 3 is 2.83 bits per heavy atom. The summed E-state index contributed by atoms with van der Waals surface area (Å²) in [6.45, 7) is -2.92. The highest BCUT2D eigenvalue weighted by Crippen LogP contribution is 2.36. The summed E-state index contributed by atoms with van der Waals surface area (Å²) in [5.41, 5.74) is 0.978. The highest BCUT2D eigenvalue weighted by molar-refractivity contribution is 5.80. The van der Waals surface area contributed by atoms with E-state index in [0.29, 0.717) is 16.6 Å². The molecule has 1 saturated carbocycles. The van der Waals surface area contributed by atoms with Crippen LogP contribution < -0.4 is 15.0 Å². The van der Waals surface area contributed by atoms with Crippen LogP contribution in [0, 0.1) is 0 Å². The van der Waals surface area contributed by atoms with E-state index in [9.17, 15) is 13.6 Å². The van der Waals surface area contributed by atoms with Gasteiger partial charge in [-0.2, -0.15) is 13.9 Å². The molecule has 24 heavy (non-hydrogen) atoms. The van der Waals surface area contributed by atoms with Gasteiger partial charge in [0.15, 0.2) is 11.5 Å². The molecule has 2 aromatic heterocycles. The van der Waals surface area contributed by atoms with Gasteiger partial charge >= 0.3 is 6.61 Å². The van der Waals surface area contributed by atoms with Crippen molar-refractivity contribution in [3.8, 4) is 17.2 Å². The van der Waals surface area contributed by atoms with Gasteiger partial charge in [0.05, 0.1) is 23.2 Å². The van der Waals surface area contributed by atoms with E-state index in [2.05, 4.69) is 14.9 Å². The summed E-state index contributed by atoms with van der Waals surface area (Å²) in [5, 5.41) is 6.65. The highest BCUT2D eigenvalue weighted by Gasteiger charge is 2.26. The van der Waals surface area contributed by atoms with E-state index in [0.717, 1.165) is 12.8 Å². The van der Waals surface area contributed by atoms with E-state index in [1.807, 2.05) is 0 Å². The summed E-state index contributed by atoms with van der Waals surface area (Å²) >= 11 is 0. The molecule has 2 heterocycles. The van der Waals surface area contributed by atoms with Gasteiger partial charge in [0.25, 0.3) is 5.56 Å². The molecule has 3 aromatic rings. The largest absolute Gasteiger partial charge is 0.486 e. The van der Waals surface area contributed by atoms with Crippen molar-refractivity contribution in [3.05, 3.63) is 47.0 Å². The molecule has 0 radical (unpaired) electrons. The average molecular weight is 333 g/mol. The number of aromatic amines is 1. The number of aromatic nitrogens is 3. The molecule has 1 aliphatic carbocycles. The Morgan fingerprint density at radius 2 is 2.08 bits per heavy atom. The zero-order valence-electron chi connectivity index (χ0n) is 12.4. The van der Waals surface area contributed by atoms with Crippen LogP contribution in [-0.2, 0) is 0 Å². The van der Waals surface area contributed by atoms with Crippen molar-refractivity contribution in [3.63, 3.8) is 0 Å². The maximum absolute atomic E-state index is 12.6. The van der Waals surface area contributed by atoms with Crippen LogP contribution in [0.5, 0.6) is 11.5 Å². The molecule has 1 fully saturated rings. The number of benzene rings is 1. The van der Waals surface area contributed by atoms with Gasteiger partial charge in [0.2, 0.25) is 0 Å². The molecule has 0 saturated heterocycles. The third-order valence-corrected chi connectivity index (χ3v) is 3.76. The van der Waals surface area contributed by atoms with E-state index >= 15 is 0 Å². The highest BCUT2D eigenvalue weighted by atomic mass is 19.3. The first-order chi connectivity index (χ1) is 11.6. The van der Waals surface area contributed by atoms with Gasteiger partial charge in [0, 0.05) is 18.0 Å². The standard InChI is InChI=1S/C16H13F2N3O3/c17-16(18)24-13-4-1-9(7-14(13)23-10-2-3-10)21-6-5-11-12(21)8-19-20-15(11)22/h1,4-8,10,16H,2-3H2,(H,20,22). The Kier molecular flexibility index (Phi) is 3.44.